The van der Waals surface area contributed by atoms with Gasteiger partial charge in [0.15, 0.2) is 0 Å². The minimum absolute atomic E-state index is 0.00562. The predicted molar refractivity (Wildman–Crippen MR) is 83.6 cm³/mol. The lowest BCUT2D eigenvalue weighted by molar-refractivity contribution is 0.240. The van der Waals surface area contributed by atoms with Gasteiger partial charge in [0.2, 0.25) is 0 Å². The number of hydrogen-bond donors (Lipinski definition) is 1. The number of aromatic nitrogens is 2. The summed E-state index contributed by atoms with van der Waals surface area (Å²) in [5, 5.41) is 0.802. The second kappa shape index (κ2) is 5.62. The minimum Gasteiger partial charge on any atom is -0.311 e. The maximum Gasteiger partial charge on any atom is 0.254 e. The highest BCUT2D eigenvalue weighted by atomic mass is 35.5. The van der Waals surface area contributed by atoms with Crippen LogP contribution in [0.5, 0.6) is 0 Å². The van der Waals surface area contributed by atoms with Crippen LogP contribution >= 0.6 is 11.6 Å². The van der Waals surface area contributed by atoms with Crippen LogP contribution in [0.3, 0.4) is 0 Å². The van der Waals surface area contributed by atoms with Gasteiger partial charge in [-0.05, 0) is 37.5 Å². The Kier molecular flexibility index (Phi) is 3.83. The Morgan fingerprint density at radius 1 is 1.38 bits per heavy atom. The fraction of sp³-hybridized carbons (Fsp3) is 0.375. The molecular formula is C16H18ClN3O. The van der Waals surface area contributed by atoms with Gasteiger partial charge in [-0.25, -0.2) is 4.98 Å². The van der Waals surface area contributed by atoms with Crippen molar-refractivity contribution < 1.29 is 0 Å². The Morgan fingerprint density at radius 3 is 2.95 bits per heavy atom. The average molecular weight is 304 g/mol. The summed E-state index contributed by atoms with van der Waals surface area (Å²) >= 11 is 6.30. The van der Waals surface area contributed by atoms with E-state index in [1.165, 1.54) is 5.56 Å². The number of nitrogens with zero attached hydrogens (tertiary/aromatic N) is 2. The van der Waals surface area contributed by atoms with Crippen molar-refractivity contribution in [2.45, 2.75) is 33.4 Å². The van der Waals surface area contributed by atoms with Crippen LogP contribution in [-0.2, 0) is 19.5 Å². The molecule has 0 atom stereocenters. The summed E-state index contributed by atoms with van der Waals surface area (Å²) in [5.41, 5.74) is 4.08. The van der Waals surface area contributed by atoms with Gasteiger partial charge < -0.3 is 4.98 Å². The van der Waals surface area contributed by atoms with Crippen molar-refractivity contribution in [1.82, 2.24) is 14.9 Å². The average Bonchev–Trinajstić information content (AvgIpc) is 2.42. The van der Waals surface area contributed by atoms with E-state index in [2.05, 4.69) is 27.9 Å². The van der Waals surface area contributed by atoms with Gasteiger partial charge in [-0.1, -0.05) is 23.7 Å². The molecule has 4 nitrogen and oxygen atoms in total. The van der Waals surface area contributed by atoms with Gasteiger partial charge in [-0.3, -0.25) is 9.69 Å². The predicted octanol–water partition coefficient (Wildman–Crippen LogP) is 2.60. The third-order valence-corrected chi connectivity index (χ3v) is 4.36. The minimum atomic E-state index is 0.00562. The third kappa shape index (κ3) is 2.87. The molecule has 0 amide bonds. The van der Waals surface area contributed by atoms with Crippen LogP contribution in [0, 0.1) is 13.8 Å². The Balaban J connectivity index is 1.85. The number of benzene rings is 1. The Labute approximate surface area is 128 Å². The van der Waals surface area contributed by atoms with E-state index in [-0.39, 0.29) is 5.56 Å². The van der Waals surface area contributed by atoms with E-state index in [1.54, 1.807) is 0 Å². The Hall–Kier alpha value is -1.65. The first-order valence-corrected chi connectivity index (χ1v) is 7.47. The molecule has 5 heteroatoms. The van der Waals surface area contributed by atoms with E-state index < -0.39 is 0 Å². The van der Waals surface area contributed by atoms with Crippen LogP contribution in [0.2, 0.25) is 5.02 Å². The molecule has 1 aliphatic heterocycles. The molecule has 2 heterocycles. The van der Waals surface area contributed by atoms with Gasteiger partial charge in [0.1, 0.15) is 5.82 Å². The topological polar surface area (TPSA) is 49.0 Å². The second-order valence-electron chi connectivity index (χ2n) is 5.57. The first-order valence-electron chi connectivity index (χ1n) is 7.09. The van der Waals surface area contributed by atoms with E-state index >= 15 is 0 Å². The van der Waals surface area contributed by atoms with Crippen molar-refractivity contribution in [2.75, 3.05) is 6.54 Å². The third-order valence-electron chi connectivity index (χ3n) is 4.01. The number of fused-ring (bicyclic) bond motifs is 1. The summed E-state index contributed by atoms with van der Waals surface area (Å²) in [4.78, 5) is 21.5. The molecule has 0 radical (unpaired) electrons. The molecule has 1 aliphatic rings. The zero-order chi connectivity index (χ0) is 15.0. The van der Waals surface area contributed by atoms with Crippen LogP contribution < -0.4 is 5.56 Å². The summed E-state index contributed by atoms with van der Waals surface area (Å²) in [6.07, 6.45) is 0.738. The number of hydrogen-bond acceptors (Lipinski definition) is 3. The Bertz CT molecular complexity index is 719. The number of halogens is 1. The lowest BCUT2D eigenvalue weighted by Gasteiger charge is -2.28. The van der Waals surface area contributed by atoms with Crippen LogP contribution in [0.1, 0.15) is 28.2 Å². The zero-order valence-electron chi connectivity index (χ0n) is 12.2. The summed E-state index contributed by atoms with van der Waals surface area (Å²) in [5.74, 6) is 0.675. The van der Waals surface area contributed by atoms with Crippen LogP contribution in [0.25, 0.3) is 0 Å². The molecular weight excluding hydrogens is 286 g/mol. The van der Waals surface area contributed by atoms with Gasteiger partial charge in [0.25, 0.3) is 5.56 Å². The fourth-order valence-corrected chi connectivity index (χ4v) is 3.12. The lowest BCUT2D eigenvalue weighted by Crippen LogP contribution is -2.35. The molecule has 1 aromatic heterocycles. The number of aromatic amines is 1. The molecule has 0 spiro atoms. The van der Waals surface area contributed by atoms with E-state index in [0.717, 1.165) is 41.4 Å². The van der Waals surface area contributed by atoms with Crippen molar-refractivity contribution in [3.05, 3.63) is 61.8 Å². The van der Waals surface area contributed by atoms with E-state index in [4.69, 9.17) is 11.6 Å². The summed E-state index contributed by atoms with van der Waals surface area (Å²) < 4.78 is 0. The molecule has 0 saturated carbocycles. The quantitative estimate of drug-likeness (QED) is 0.928. The fourth-order valence-electron chi connectivity index (χ4n) is 2.84. The van der Waals surface area contributed by atoms with Gasteiger partial charge in [-0.15, -0.1) is 0 Å². The highest BCUT2D eigenvalue weighted by Gasteiger charge is 2.21. The van der Waals surface area contributed by atoms with E-state index in [1.807, 2.05) is 19.1 Å². The maximum absolute atomic E-state index is 11.9. The molecule has 0 saturated heterocycles. The molecule has 2 aromatic rings. The second-order valence-corrected chi connectivity index (χ2v) is 5.98. The van der Waals surface area contributed by atoms with Crippen LogP contribution in [0.4, 0.5) is 0 Å². The summed E-state index contributed by atoms with van der Waals surface area (Å²) in [7, 11) is 0. The van der Waals surface area contributed by atoms with Crippen molar-refractivity contribution in [1.29, 1.82) is 0 Å². The largest absolute Gasteiger partial charge is 0.311 e. The normalized spacial score (nSPS) is 15.0. The van der Waals surface area contributed by atoms with Crippen LogP contribution in [-0.4, -0.2) is 21.4 Å². The molecule has 3 rings (SSSR count). The molecule has 0 aliphatic carbocycles. The van der Waals surface area contributed by atoms with Crippen LogP contribution in [0.15, 0.2) is 23.0 Å². The summed E-state index contributed by atoms with van der Waals surface area (Å²) in [6.45, 7) is 6.24. The van der Waals surface area contributed by atoms with Crippen molar-refractivity contribution in [2.24, 2.45) is 0 Å². The first kappa shape index (κ1) is 14.3. The molecule has 1 N–H and O–H groups in total. The number of H-pyrrole nitrogens is 1. The molecule has 110 valence electrons. The number of aryl methyl sites for hydroxylation is 2. The lowest BCUT2D eigenvalue weighted by atomic mass is 10.0. The number of rotatable bonds is 2. The SMILES string of the molecule is Cc1nc2c(c(=O)[nH]1)CCN(Cc1c(C)cccc1Cl)C2. The highest BCUT2D eigenvalue weighted by molar-refractivity contribution is 6.31. The Morgan fingerprint density at radius 2 is 2.19 bits per heavy atom. The van der Waals surface area contributed by atoms with Crippen molar-refractivity contribution >= 4 is 11.6 Å². The number of nitrogens with one attached hydrogen (secondary N) is 1. The van der Waals surface area contributed by atoms with Crippen molar-refractivity contribution in [3.63, 3.8) is 0 Å². The van der Waals surface area contributed by atoms with Gasteiger partial charge in [-0.2, -0.15) is 0 Å². The zero-order valence-corrected chi connectivity index (χ0v) is 13.0. The highest BCUT2D eigenvalue weighted by Crippen LogP contribution is 2.23. The molecule has 0 fully saturated rings. The summed E-state index contributed by atoms with van der Waals surface area (Å²) in [6, 6.07) is 5.97. The molecule has 1 aromatic carbocycles. The monoisotopic (exact) mass is 303 g/mol. The van der Waals surface area contributed by atoms with Gasteiger partial charge in [0.05, 0.1) is 5.69 Å². The van der Waals surface area contributed by atoms with E-state index in [0.29, 0.717) is 12.4 Å². The molecule has 0 unspecified atom stereocenters. The molecule has 0 bridgehead atoms. The smallest absolute Gasteiger partial charge is 0.254 e. The standard InChI is InChI=1S/C16H18ClN3O/c1-10-4-3-5-14(17)13(10)8-20-7-6-12-15(9-20)18-11(2)19-16(12)21/h3-5H,6-9H2,1-2H3,(H,18,19,21). The maximum atomic E-state index is 11.9. The van der Waals surface area contributed by atoms with Gasteiger partial charge >= 0.3 is 0 Å². The van der Waals surface area contributed by atoms with Gasteiger partial charge in [0, 0.05) is 30.2 Å². The van der Waals surface area contributed by atoms with E-state index in [9.17, 15) is 4.79 Å². The molecule has 21 heavy (non-hydrogen) atoms. The van der Waals surface area contributed by atoms with Crippen molar-refractivity contribution in [3.8, 4) is 0 Å². The first-order chi connectivity index (χ1) is 10.0.